The van der Waals surface area contributed by atoms with Crippen LogP contribution in [0.25, 0.3) is 0 Å². The van der Waals surface area contributed by atoms with Crippen LogP contribution in [-0.4, -0.2) is 30.0 Å². The zero-order chi connectivity index (χ0) is 17.5. The molecule has 0 fully saturated rings. The van der Waals surface area contributed by atoms with Gasteiger partial charge in [-0.05, 0) is 44.9 Å². The molecule has 23 heavy (non-hydrogen) atoms. The second-order valence-electron chi connectivity index (χ2n) is 6.90. The second-order valence-corrected chi connectivity index (χ2v) is 6.90. The molecule has 1 amide bonds. The molecule has 0 aliphatic rings. The van der Waals surface area contributed by atoms with Crippen molar-refractivity contribution >= 4 is 6.09 Å². The minimum Gasteiger partial charge on any atom is -0.444 e. The summed E-state index contributed by atoms with van der Waals surface area (Å²) in [6, 6.07) is 6.08. The van der Waals surface area contributed by atoms with Gasteiger partial charge in [0.15, 0.2) is 0 Å². The van der Waals surface area contributed by atoms with E-state index in [2.05, 4.69) is 12.2 Å². The van der Waals surface area contributed by atoms with Gasteiger partial charge in [0.25, 0.3) is 0 Å². The number of aliphatic hydroxyl groups excluding tert-OH is 1. The maximum atomic E-state index is 13.2. The first-order chi connectivity index (χ1) is 10.7. The van der Waals surface area contributed by atoms with Crippen molar-refractivity contribution in [2.45, 2.75) is 58.0 Å². The topological polar surface area (TPSA) is 58.6 Å². The number of hydrogen-bond donors (Lipinski definition) is 2. The minimum atomic E-state index is -0.638. The minimum absolute atomic E-state index is 0.131. The van der Waals surface area contributed by atoms with E-state index in [1.807, 2.05) is 0 Å². The summed E-state index contributed by atoms with van der Waals surface area (Å²) in [6.07, 6.45) is 2.04. The Morgan fingerprint density at radius 1 is 1.26 bits per heavy atom. The molecule has 0 bridgehead atoms. The van der Waals surface area contributed by atoms with Crippen LogP contribution in [-0.2, 0) is 10.2 Å². The van der Waals surface area contributed by atoms with Gasteiger partial charge in [-0.3, -0.25) is 0 Å². The van der Waals surface area contributed by atoms with E-state index < -0.39 is 17.1 Å². The Kier molecular flexibility index (Phi) is 7.01. The van der Waals surface area contributed by atoms with Crippen molar-refractivity contribution in [1.29, 1.82) is 0 Å². The zero-order valence-electron chi connectivity index (χ0n) is 14.5. The van der Waals surface area contributed by atoms with Crippen LogP contribution in [0.5, 0.6) is 0 Å². The van der Waals surface area contributed by atoms with E-state index in [0.29, 0.717) is 6.42 Å². The number of halogens is 1. The molecule has 0 saturated carbocycles. The largest absolute Gasteiger partial charge is 0.444 e. The third-order valence-electron chi connectivity index (χ3n) is 3.74. The van der Waals surface area contributed by atoms with E-state index in [1.54, 1.807) is 32.9 Å². The molecular weight excluding hydrogens is 297 g/mol. The summed E-state index contributed by atoms with van der Waals surface area (Å²) in [5, 5.41) is 12.7. The number of benzene rings is 1. The normalized spacial score (nSPS) is 14.2. The molecule has 1 unspecified atom stereocenters. The van der Waals surface area contributed by atoms with Crippen molar-refractivity contribution in [3.8, 4) is 0 Å². The van der Waals surface area contributed by atoms with E-state index in [9.17, 15) is 14.3 Å². The molecule has 1 rings (SSSR count). The van der Waals surface area contributed by atoms with Gasteiger partial charge in [0, 0.05) is 12.0 Å². The smallest absolute Gasteiger partial charge is 0.407 e. The maximum Gasteiger partial charge on any atom is 0.407 e. The van der Waals surface area contributed by atoms with E-state index in [1.165, 1.54) is 12.1 Å². The van der Waals surface area contributed by atoms with E-state index in [4.69, 9.17) is 4.74 Å². The number of nitrogens with one attached hydrogen (secondary N) is 1. The molecule has 0 aromatic heterocycles. The first-order valence-corrected chi connectivity index (χ1v) is 8.06. The number of aliphatic hydroxyl groups is 1. The van der Waals surface area contributed by atoms with Crippen LogP contribution in [0.4, 0.5) is 9.18 Å². The summed E-state index contributed by atoms with van der Waals surface area (Å²) in [7, 11) is 0. The van der Waals surface area contributed by atoms with Crippen molar-refractivity contribution in [1.82, 2.24) is 5.32 Å². The number of carbonyl (C=O) groups excluding carboxylic acids is 1. The van der Waals surface area contributed by atoms with Gasteiger partial charge < -0.3 is 15.2 Å². The lowest BCUT2D eigenvalue weighted by Gasteiger charge is -2.33. The molecule has 0 aliphatic carbocycles. The zero-order valence-corrected chi connectivity index (χ0v) is 14.5. The number of unbranched alkanes of at least 4 members (excludes halogenated alkanes) is 1. The summed E-state index contributed by atoms with van der Waals surface area (Å²) in [5.41, 5.74) is -0.405. The number of amides is 1. The van der Waals surface area contributed by atoms with Crippen molar-refractivity contribution < 1.29 is 19.0 Å². The van der Waals surface area contributed by atoms with Crippen LogP contribution in [0, 0.1) is 5.82 Å². The van der Waals surface area contributed by atoms with Gasteiger partial charge in [0.05, 0.1) is 6.61 Å². The molecule has 1 aromatic rings. The second kappa shape index (κ2) is 8.29. The molecule has 130 valence electrons. The van der Waals surface area contributed by atoms with Gasteiger partial charge in [0.2, 0.25) is 0 Å². The van der Waals surface area contributed by atoms with E-state index in [0.717, 1.165) is 18.4 Å². The van der Waals surface area contributed by atoms with Gasteiger partial charge in [-0.2, -0.15) is 0 Å². The van der Waals surface area contributed by atoms with Gasteiger partial charge >= 0.3 is 6.09 Å². The van der Waals surface area contributed by atoms with Crippen LogP contribution in [0.1, 0.15) is 52.5 Å². The SMILES string of the molecule is CCCCC(CO)(CNC(=O)OC(C)(C)C)c1ccc(F)cc1. The average molecular weight is 325 g/mol. The van der Waals surface area contributed by atoms with Gasteiger partial charge in [0.1, 0.15) is 11.4 Å². The standard InChI is InChI=1S/C18H28FNO3/c1-5-6-11-18(13-21,14-7-9-15(19)10-8-14)12-20-16(22)23-17(2,3)4/h7-10,21H,5-6,11-13H2,1-4H3,(H,20,22). The quantitative estimate of drug-likeness (QED) is 0.802. The highest BCUT2D eigenvalue weighted by molar-refractivity contribution is 5.67. The average Bonchev–Trinajstić information content (AvgIpc) is 2.47. The molecule has 4 nitrogen and oxygen atoms in total. The van der Waals surface area contributed by atoms with Gasteiger partial charge in [-0.15, -0.1) is 0 Å². The predicted molar refractivity (Wildman–Crippen MR) is 88.9 cm³/mol. The predicted octanol–water partition coefficient (Wildman–Crippen LogP) is 3.77. The van der Waals surface area contributed by atoms with Crippen molar-refractivity contribution in [2.24, 2.45) is 0 Å². The summed E-state index contributed by atoms with van der Waals surface area (Å²) >= 11 is 0. The molecule has 2 N–H and O–H groups in total. The number of rotatable bonds is 7. The summed E-state index contributed by atoms with van der Waals surface area (Å²) in [4.78, 5) is 11.9. The van der Waals surface area contributed by atoms with Crippen LogP contribution in [0.15, 0.2) is 24.3 Å². The molecule has 0 radical (unpaired) electrons. The third-order valence-corrected chi connectivity index (χ3v) is 3.74. The van der Waals surface area contributed by atoms with Crippen LogP contribution < -0.4 is 5.32 Å². The Morgan fingerprint density at radius 3 is 2.35 bits per heavy atom. The Hall–Kier alpha value is -1.62. The monoisotopic (exact) mass is 325 g/mol. The van der Waals surface area contributed by atoms with Crippen molar-refractivity contribution in [2.75, 3.05) is 13.2 Å². The third kappa shape index (κ3) is 6.18. The van der Waals surface area contributed by atoms with Crippen LogP contribution in [0.3, 0.4) is 0 Å². The molecule has 0 spiro atoms. The summed E-state index contributed by atoms with van der Waals surface area (Å²) in [5.74, 6) is -0.323. The fraction of sp³-hybridized carbons (Fsp3) is 0.611. The molecule has 1 atom stereocenters. The molecule has 0 aliphatic heterocycles. The fourth-order valence-corrected chi connectivity index (χ4v) is 2.44. The van der Waals surface area contributed by atoms with Crippen molar-refractivity contribution in [3.63, 3.8) is 0 Å². The van der Waals surface area contributed by atoms with Crippen molar-refractivity contribution in [3.05, 3.63) is 35.6 Å². The first kappa shape index (κ1) is 19.4. The maximum absolute atomic E-state index is 13.2. The van der Waals surface area contributed by atoms with Gasteiger partial charge in [-0.25, -0.2) is 9.18 Å². The Labute approximate surface area is 138 Å². The number of hydrogen-bond acceptors (Lipinski definition) is 3. The summed E-state index contributed by atoms with van der Waals surface area (Å²) < 4.78 is 18.4. The highest BCUT2D eigenvalue weighted by Gasteiger charge is 2.32. The molecule has 5 heteroatoms. The highest BCUT2D eigenvalue weighted by atomic mass is 19.1. The first-order valence-electron chi connectivity index (χ1n) is 8.06. The lowest BCUT2D eigenvalue weighted by Crippen LogP contribution is -2.45. The number of ether oxygens (including phenoxy) is 1. The Balaban J connectivity index is 2.91. The van der Waals surface area contributed by atoms with Gasteiger partial charge in [-0.1, -0.05) is 31.9 Å². The molecule has 1 aromatic carbocycles. The molecule has 0 heterocycles. The van der Waals surface area contributed by atoms with E-state index >= 15 is 0 Å². The lowest BCUT2D eigenvalue weighted by molar-refractivity contribution is 0.0500. The van der Waals surface area contributed by atoms with Crippen LogP contribution in [0.2, 0.25) is 0 Å². The van der Waals surface area contributed by atoms with E-state index in [-0.39, 0.29) is 19.0 Å². The summed E-state index contributed by atoms with van der Waals surface area (Å²) in [6.45, 7) is 7.56. The lowest BCUT2D eigenvalue weighted by atomic mass is 9.77. The number of carbonyl (C=O) groups is 1. The fourth-order valence-electron chi connectivity index (χ4n) is 2.44. The molecule has 0 saturated heterocycles. The number of alkyl carbamates (subject to hydrolysis) is 1. The molecular formula is C18H28FNO3. The Morgan fingerprint density at radius 2 is 1.87 bits per heavy atom. The Bertz CT molecular complexity index is 496. The highest BCUT2D eigenvalue weighted by Crippen LogP contribution is 2.29. The van der Waals surface area contributed by atoms with Crippen LogP contribution >= 0.6 is 0 Å².